The van der Waals surface area contributed by atoms with Gasteiger partial charge in [0.05, 0.1) is 0 Å². The molecule has 0 atom stereocenters. The van der Waals surface area contributed by atoms with Crippen LogP contribution < -0.4 is 10.6 Å². The van der Waals surface area contributed by atoms with E-state index in [0.717, 1.165) is 26.2 Å². The van der Waals surface area contributed by atoms with E-state index < -0.39 is 0 Å². The number of hydrogen-bond acceptors (Lipinski definition) is 3. The maximum Gasteiger partial charge on any atom is 0.0278 e. The number of nitrogens with zero attached hydrogens (tertiary/aromatic N) is 1. The van der Waals surface area contributed by atoms with E-state index in [0.29, 0.717) is 5.41 Å². The number of hydrogen-bond donors (Lipinski definition) is 2. The number of rotatable bonds is 5. The van der Waals surface area contributed by atoms with Crippen molar-refractivity contribution < 1.29 is 0 Å². The fraction of sp³-hybridized carbons (Fsp3) is 1.00. The van der Waals surface area contributed by atoms with Crippen molar-refractivity contribution in [2.75, 3.05) is 39.3 Å². The summed E-state index contributed by atoms with van der Waals surface area (Å²) in [4.78, 5) is 2.59. The van der Waals surface area contributed by atoms with Crippen LogP contribution in [-0.4, -0.2) is 49.7 Å². The van der Waals surface area contributed by atoms with Crippen LogP contribution in [0.2, 0.25) is 0 Å². The van der Waals surface area contributed by atoms with E-state index in [4.69, 9.17) is 0 Å². The van der Waals surface area contributed by atoms with Crippen LogP contribution >= 0.6 is 0 Å². The van der Waals surface area contributed by atoms with Crippen LogP contribution in [-0.2, 0) is 0 Å². The Labute approximate surface area is 107 Å². The lowest BCUT2D eigenvalue weighted by Gasteiger charge is -2.41. The molecule has 0 aromatic rings. The molecular weight excluding hydrogens is 210 g/mol. The molecule has 102 valence electrons. The summed E-state index contributed by atoms with van der Waals surface area (Å²) in [6, 6.07) is 0. The van der Waals surface area contributed by atoms with Gasteiger partial charge in [-0.25, -0.2) is 0 Å². The van der Waals surface area contributed by atoms with Gasteiger partial charge in [-0.05, 0) is 32.2 Å². The average molecular weight is 241 g/mol. The SMILES string of the molecule is CC(C)(C)CCNCC(C)(C)N1CCNCC1. The topological polar surface area (TPSA) is 27.3 Å². The Kier molecular flexibility index (Phi) is 5.42. The van der Waals surface area contributed by atoms with Crippen LogP contribution in [0.3, 0.4) is 0 Å². The zero-order chi connectivity index (χ0) is 12.9. The first kappa shape index (κ1) is 14.9. The van der Waals surface area contributed by atoms with E-state index in [-0.39, 0.29) is 5.54 Å². The largest absolute Gasteiger partial charge is 0.315 e. The lowest BCUT2D eigenvalue weighted by Crippen LogP contribution is -2.57. The first-order valence-electron chi connectivity index (χ1n) is 6.98. The zero-order valence-electron chi connectivity index (χ0n) is 12.4. The molecule has 0 radical (unpaired) electrons. The van der Waals surface area contributed by atoms with E-state index in [9.17, 15) is 0 Å². The van der Waals surface area contributed by atoms with E-state index in [1.165, 1.54) is 19.5 Å². The molecule has 3 nitrogen and oxygen atoms in total. The zero-order valence-corrected chi connectivity index (χ0v) is 12.4. The molecule has 1 aliphatic heterocycles. The summed E-state index contributed by atoms with van der Waals surface area (Å²) < 4.78 is 0. The van der Waals surface area contributed by atoms with Crippen LogP contribution in [0.5, 0.6) is 0 Å². The molecule has 0 spiro atoms. The van der Waals surface area contributed by atoms with Crippen LogP contribution in [0.1, 0.15) is 41.0 Å². The minimum absolute atomic E-state index is 0.278. The van der Waals surface area contributed by atoms with Crippen molar-refractivity contribution in [1.29, 1.82) is 0 Å². The summed E-state index contributed by atoms with van der Waals surface area (Å²) in [7, 11) is 0. The highest BCUT2D eigenvalue weighted by Gasteiger charge is 2.27. The number of nitrogens with one attached hydrogen (secondary N) is 2. The van der Waals surface area contributed by atoms with E-state index >= 15 is 0 Å². The molecule has 0 aromatic carbocycles. The van der Waals surface area contributed by atoms with Gasteiger partial charge in [0.2, 0.25) is 0 Å². The minimum Gasteiger partial charge on any atom is -0.315 e. The van der Waals surface area contributed by atoms with Gasteiger partial charge in [0.15, 0.2) is 0 Å². The third-order valence-electron chi connectivity index (χ3n) is 3.58. The summed E-state index contributed by atoms with van der Waals surface area (Å²) in [6.07, 6.45) is 1.24. The Bertz CT molecular complexity index is 212. The van der Waals surface area contributed by atoms with Crippen molar-refractivity contribution in [2.24, 2.45) is 5.41 Å². The van der Waals surface area contributed by atoms with Crippen molar-refractivity contribution in [2.45, 2.75) is 46.6 Å². The Hall–Kier alpha value is -0.120. The van der Waals surface area contributed by atoms with Gasteiger partial charge in [-0.2, -0.15) is 0 Å². The van der Waals surface area contributed by atoms with Crippen LogP contribution in [0.15, 0.2) is 0 Å². The molecule has 0 amide bonds. The van der Waals surface area contributed by atoms with Crippen molar-refractivity contribution >= 4 is 0 Å². The Morgan fingerprint density at radius 1 is 1.06 bits per heavy atom. The van der Waals surface area contributed by atoms with Crippen LogP contribution in [0.4, 0.5) is 0 Å². The third kappa shape index (κ3) is 5.84. The monoisotopic (exact) mass is 241 g/mol. The molecule has 1 saturated heterocycles. The molecule has 1 fully saturated rings. The molecule has 1 rings (SSSR count). The first-order valence-corrected chi connectivity index (χ1v) is 6.98. The molecule has 1 aliphatic rings. The molecule has 2 N–H and O–H groups in total. The van der Waals surface area contributed by atoms with E-state index in [2.05, 4.69) is 50.2 Å². The number of piperazine rings is 1. The van der Waals surface area contributed by atoms with Gasteiger partial charge in [0.1, 0.15) is 0 Å². The van der Waals surface area contributed by atoms with Crippen molar-refractivity contribution in [1.82, 2.24) is 15.5 Å². The lowest BCUT2D eigenvalue weighted by atomic mass is 9.92. The fourth-order valence-electron chi connectivity index (χ4n) is 2.24. The Balaban J connectivity index is 2.24. The van der Waals surface area contributed by atoms with Crippen molar-refractivity contribution in [3.8, 4) is 0 Å². The minimum atomic E-state index is 0.278. The van der Waals surface area contributed by atoms with Crippen LogP contribution in [0, 0.1) is 5.41 Å². The quantitative estimate of drug-likeness (QED) is 0.717. The molecule has 17 heavy (non-hydrogen) atoms. The Morgan fingerprint density at radius 2 is 1.65 bits per heavy atom. The molecule has 1 heterocycles. The molecule has 0 unspecified atom stereocenters. The maximum atomic E-state index is 3.62. The molecule has 0 saturated carbocycles. The summed E-state index contributed by atoms with van der Waals surface area (Å²) >= 11 is 0. The lowest BCUT2D eigenvalue weighted by molar-refractivity contribution is 0.102. The molecule has 3 heteroatoms. The summed E-state index contributed by atoms with van der Waals surface area (Å²) in [5, 5.41) is 7.03. The maximum absolute atomic E-state index is 3.62. The Morgan fingerprint density at radius 3 is 2.18 bits per heavy atom. The van der Waals surface area contributed by atoms with Gasteiger partial charge in [0, 0.05) is 38.3 Å². The van der Waals surface area contributed by atoms with Gasteiger partial charge in [-0.1, -0.05) is 20.8 Å². The fourth-order valence-corrected chi connectivity index (χ4v) is 2.24. The highest BCUT2D eigenvalue weighted by Crippen LogP contribution is 2.18. The highest BCUT2D eigenvalue weighted by molar-refractivity contribution is 4.86. The first-order chi connectivity index (χ1) is 7.81. The second-order valence-electron chi connectivity index (χ2n) is 7.04. The highest BCUT2D eigenvalue weighted by atomic mass is 15.2. The predicted octanol–water partition coefficient (Wildman–Crippen LogP) is 1.70. The summed E-state index contributed by atoms with van der Waals surface area (Å²) in [6.45, 7) is 18.4. The third-order valence-corrected chi connectivity index (χ3v) is 3.58. The van der Waals surface area contributed by atoms with E-state index in [1.54, 1.807) is 0 Å². The standard InChI is InChI=1S/C14H31N3/c1-13(2,3)6-7-16-12-14(4,5)17-10-8-15-9-11-17/h15-16H,6-12H2,1-5H3. The second kappa shape index (κ2) is 6.17. The normalized spacial score (nSPS) is 19.6. The van der Waals surface area contributed by atoms with Gasteiger partial charge >= 0.3 is 0 Å². The summed E-state index contributed by atoms with van der Waals surface area (Å²) in [5.74, 6) is 0. The van der Waals surface area contributed by atoms with Gasteiger partial charge < -0.3 is 10.6 Å². The summed E-state index contributed by atoms with van der Waals surface area (Å²) in [5.41, 5.74) is 0.714. The van der Waals surface area contributed by atoms with Crippen LogP contribution in [0.25, 0.3) is 0 Å². The molecule has 0 bridgehead atoms. The van der Waals surface area contributed by atoms with Gasteiger partial charge in [-0.3, -0.25) is 4.90 Å². The molecule has 0 aromatic heterocycles. The van der Waals surface area contributed by atoms with E-state index in [1.807, 2.05) is 0 Å². The average Bonchev–Trinajstić information content (AvgIpc) is 2.25. The second-order valence-corrected chi connectivity index (χ2v) is 7.04. The smallest absolute Gasteiger partial charge is 0.0278 e. The van der Waals surface area contributed by atoms with Crippen molar-refractivity contribution in [3.63, 3.8) is 0 Å². The molecular formula is C14H31N3. The molecule has 0 aliphatic carbocycles. The van der Waals surface area contributed by atoms with Crippen molar-refractivity contribution in [3.05, 3.63) is 0 Å². The van der Waals surface area contributed by atoms with Gasteiger partial charge in [-0.15, -0.1) is 0 Å². The predicted molar refractivity (Wildman–Crippen MR) is 75.5 cm³/mol. The van der Waals surface area contributed by atoms with Gasteiger partial charge in [0.25, 0.3) is 0 Å².